The number of aromatic nitrogens is 4. The Bertz CT molecular complexity index is 959. The summed E-state index contributed by atoms with van der Waals surface area (Å²) in [5, 5.41) is 16.9. The number of nitrogens with one attached hydrogen (secondary N) is 1. The molecule has 2 aromatic carbocycles. The Balaban J connectivity index is 1.43. The number of para-hydroxylation sites is 1. The van der Waals surface area contributed by atoms with Gasteiger partial charge >= 0.3 is 0 Å². The molecule has 1 aliphatic rings. The number of carbonyl (C=O) groups is 1. The topological polar surface area (TPSA) is 75.9 Å². The highest BCUT2D eigenvalue weighted by Gasteiger charge is 2.32. The van der Waals surface area contributed by atoms with E-state index in [-0.39, 0.29) is 11.9 Å². The molecule has 0 radical (unpaired) electrons. The van der Waals surface area contributed by atoms with Gasteiger partial charge in [-0.15, -0.1) is 10.2 Å². The molecule has 150 valence electrons. The molecule has 0 saturated carbocycles. The monoisotopic (exact) mass is 410 g/mol. The Morgan fingerprint density at radius 3 is 2.69 bits per heavy atom. The molecule has 1 fully saturated rings. The van der Waals surface area contributed by atoms with E-state index in [9.17, 15) is 4.79 Å². The molecule has 0 bridgehead atoms. The van der Waals surface area contributed by atoms with Crippen molar-refractivity contribution in [1.82, 2.24) is 25.1 Å². The van der Waals surface area contributed by atoms with Gasteiger partial charge in [-0.3, -0.25) is 4.79 Å². The van der Waals surface area contributed by atoms with E-state index >= 15 is 0 Å². The van der Waals surface area contributed by atoms with Crippen LogP contribution >= 0.6 is 11.6 Å². The Morgan fingerprint density at radius 1 is 1.21 bits per heavy atom. The summed E-state index contributed by atoms with van der Waals surface area (Å²) >= 11 is 5.94. The van der Waals surface area contributed by atoms with E-state index in [1.165, 1.54) is 4.80 Å². The fraction of sp³-hybridized carbons (Fsp3) is 0.333. The normalized spacial score (nSPS) is 17.3. The molecule has 1 aliphatic heterocycles. The second kappa shape index (κ2) is 8.61. The zero-order chi connectivity index (χ0) is 20.2. The minimum atomic E-state index is -0.459. The average molecular weight is 411 g/mol. The van der Waals surface area contributed by atoms with Gasteiger partial charge in [0.15, 0.2) is 6.04 Å². The number of amides is 1. The van der Waals surface area contributed by atoms with Crippen LogP contribution in [0.4, 0.5) is 5.69 Å². The maximum absolute atomic E-state index is 13.1. The fourth-order valence-corrected chi connectivity index (χ4v) is 3.69. The van der Waals surface area contributed by atoms with Gasteiger partial charge in [-0.2, -0.15) is 4.80 Å². The maximum Gasteiger partial charge on any atom is 0.249 e. The maximum atomic E-state index is 13.1. The van der Waals surface area contributed by atoms with Gasteiger partial charge in [0.05, 0.1) is 0 Å². The number of nitrogens with zero attached hydrogens (tertiary/aromatic N) is 5. The average Bonchev–Trinajstić information content (AvgIpc) is 3.40. The van der Waals surface area contributed by atoms with Crippen LogP contribution in [-0.4, -0.2) is 50.1 Å². The number of halogens is 1. The Kier molecular flexibility index (Phi) is 5.76. The molecule has 2 unspecified atom stereocenters. The third-order valence-corrected chi connectivity index (χ3v) is 5.38. The number of carbonyl (C=O) groups excluding carboxylic acids is 1. The van der Waals surface area contributed by atoms with Gasteiger partial charge in [-0.1, -0.05) is 36.7 Å². The Labute approximate surface area is 174 Å². The van der Waals surface area contributed by atoms with Crippen molar-refractivity contribution in [2.75, 3.05) is 18.4 Å². The van der Waals surface area contributed by atoms with Gasteiger partial charge in [-0.25, -0.2) is 0 Å². The molecule has 1 aromatic heterocycles. The second-order valence-electron chi connectivity index (χ2n) is 7.14. The van der Waals surface area contributed by atoms with Gasteiger partial charge in [0, 0.05) is 35.4 Å². The first kappa shape index (κ1) is 19.4. The molecule has 3 aromatic rings. The van der Waals surface area contributed by atoms with E-state index in [0.29, 0.717) is 23.8 Å². The highest BCUT2D eigenvalue weighted by molar-refractivity contribution is 6.30. The standard InChI is InChI=1S/C21H23ClN6O/c1-2-19(28-25-20(24-26-28)15-8-10-16(22)11-9-15)21(29)27-13-12-18(14-27)23-17-6-4-3-5-7-17/h3-11,18-19,23H,2,12-14H2,1H3. The van der Waals surface area contributed by atoms with Crippen molar-refractivity contribution in [1.29, 1.82) is 0 Å². The molecule has 29 heavy (non-hydrogen) atoms. The first-order valence-corrected chi connectivity index (χ1v) is 10.2. The smallest absolute Gasteiger partial charge is 0.249 e. The van der Waals surface area contributed by atoms with Crippen molar-refractivity contribution in [2.45, 2.75) is 31.8 Å². The van der Waals surface area contributed by atoms with Crippen LogP contribution in [0.15, 0.2) is 54.6 Å². The van der Waals surface area contributed by atoms with Crippen LogP contribution in [0, 0.1) is 0 Å². The largest absolute Gasteiger partial charge is 0.380 e. The van der Waals surface area contributed by atoms with Crippen LogP contribution in [-0.2, 0) is 4.79 Å². The molecule has 1 N–H and O–H groups in total. The number of tetrazole rings is 1. The van der Waals surface area contributed by atoms with E-state index < -0.39 is 6.04 Å². The summed E-state index contributed by atoms with van der Waals surface area (Å²) in [5.74, 6) is 0.517. The van der Waals surface area contributed by atoms with E-state index in [0.717, 1.165) is 24.2 Å². The Hall–Kier alpha value is -2.93. The quantitative estimate of drug-likeness (QED) is 0.671. The number of anilines is 1. The molecule has 1 amide bonds. The number of hydrogen-bond donors (Lipinski definition) is 1. The molecule has 2 atom stereocenters. The highest BCUT2D eigenvalue weighted by atomic mass is 35.5. The van der Waals surface area contributed by atoms with Crippen LogP contribution in [0.1, 0.15) is 25.8 Å². The van der Waals surface area contributed by atoms with Crippen LogP contribution < -0.4 is 5.32 Å². The molecule has 0 spiro atoms. The lowest BCUT2D eigenvalue weighted by Crippen LogP contribution is -2.37. The lowest BCUT2D eigenvalue weighted by atomic mass is 10.2. The third-order valence-electron chi connectivity index (χ3n) is 5.13. The number of benzene rings is 2. The molecular weight excluding hydrogens is 388 g/mol. The van der Waals surface area contributed by atoms with Gasteiger partial charge in [0.2, 0.25) is 11.7 Å². The number of hydrogen-bond acceptors (Lipinski definition) is 5. The SMILES string of the molecule is CCC(C(=O)N1CCC(Nc2ccccc2)C1)n1nnc(-c2ccc(Cl)cc2)n1. The molecule has 1 saturated heterocycles. The predicted octanol–water partition coefficient (Wildman–Crippen LogP) is 3.66. The molecule has 4 rings (SSSR count). The van der Waals surface area contributed by atoms with E-state index in [4.69, 9.17) is 11.6 Å². The van der Waals surface area contributed by atoms with Crippen LogP contribution in [0.25, 0.3) is 11.4 Å². The highest BCUT2D eigenvalue weighted by Crippen LogP contribution is 2.22. The fourth-order valence-electron chi connectivity index (χ4n) is 3.57. The Morgan fingerprint density at radius 2 is 1.97 bits per heavy atom. The number of rotatable bonds is 6. The minimum Gasteiger partial charge on any atom is -0.380 e. The number of likely N-dealkylation sites (tertiary alicyclic amines) is 1. The van der Waals surface area contributed by atoms with Crippen LogP contribution in [0.2, 0.25) is 5.02 Å². The van der Waals surface area contributed by atoms with Crippen molar-refractivity contribution in [2.24, 2.45) is 0 Å². The molecular formula is C21H23ClN6O. The lowest BCUT2D eigenvalue weighted by molar-refractivity contribution is -0.134. The molecule has 0 aliphatic carbocycles. The summed E-state index contributed by atoms with van der Waals surface area (Å²) in [6, 6.07) is 17.1. The van der Waals surface area contributed by atoms with Crippen LogP contribution in [0.5, 0.6) is 0 Å². The van der Waals surface area contributed by atoms with Gasteiger partial charge in [0.25, 0.3) is 0 Å². The summed E-state index contributed by atoms with van der Waals surface area (Å²) in [6.07, 6.45) is 1.51. The zero-order valence-corrected chi connectivity index (χ0v) is 17.0. The van der Waals surface area contributed by atoms with E-state index in [1.54, 1.807) is 12.1 Å². The second-order valence-corrected chi connectivity index (χ2v) is 7.58. The van der Waals surface area contributed by atoms with Crippen molar-refractivity contribution in [3.63, 3.8) is 0 Å². The molecule has 2 heterocycles. The van der Waals surface area contributed by atoms with Gasteiger partial charge in [0.1, 0.15) is 0 Å². The minimum absolute atomic E-state index is 0.0323. The predicted molar refractivity (Wildman–Crippen MR) is 113 cm³/mol. The first-order chi connectivity index (χ1) is 14.1. The lowest BCUT2D eigenvalue weighted by Gasteiger charge is -2.22. The molecule has 8 heteroatoms. The summed E-state index contributed by atoms with van der Waals surface area (Å²) in [4.78, 5) is 16.4. The van der Waals surface area contributed by atoms with Gasteiger partial charge < -0.3 is 10.2 Å². The van der Waals surface area contributed by atoms with Crippen molar-refractivity contribution in [3.05, 3.63) is 59.6 Å². The third kappa shape index (κ3) is 4.40. The summed E-state index contributed by atoms with van der Waals surface area (Å²) in [7, 11) is 0. The van der Waals surface area contributed by atoms with Gasteiger partial charge in [-0.05, 0) is 54.5 Å². The summed E-state index contributed by atoms with van der Waals surface area (Å²) in [6.45, 7) is 3.35. The zero-order valence-electron chi connectivity index (χ0n) is 16.2. The van der Waals surface area contributed by atoms with E-state index in [2.05, 4.69) is 20.7 Å². The van der Waals surface area contributed by atoms with Crippen molar-refractivity contribution >= 4 is 23.2 Å². The van der Waals surface area contributed by atoms with Crippen LogP contribution in [0.3, 0.4) is 0 Å². The van der Waals surface area contributed by atoms with Crippen molar-refractivity contribution in [3.8, 4) is 11.4 Å². The summed E-state index contributed by atoms with van der Waals surface area (Å²) in [5.41, 5.74) is 1.89. The first-order valence-electron chi connectivity index (χ1n) is 9.80. The van der Waals surface area contributed by atoms with Crippen molar-refractivity contribution < 1.29 is 4.79 Å². The summed E-state index contributed by atoms with van der Waals surface area (Å²) < 4.78 is 0. The van der Waals surface area contributed by atoms with E-state index in [1.807, 2.05) is 54.3 Å². The molecule has 7 nitrogen and oxygen atoms in total.